The van der Waals surface area contributed by atoms with Gasteiger partial charge in [-0.15, -0.1) is 0 Å². The van der Waals surface area contributed by atoms with Crippen molar-refractivity contribution in [3.8, 4) is 0 Å². The van der Waals surface area contributed by atoms with E-state index in [-0.39, 0.29) is 5.60 Å². The summed E-state index contributed by atoms with van der Waals surface area (Å²) in [7, 11) is 0. The molecule has 3 atom stereocenters. The molecule has 1 N–H and O–H groups in total. The fourth-order valence-electron chi connectivity index (χ4n) is 4.02. The zero-order chi connectivity index (χ0) is 11.8. The van der Waals surface area contributed by atoms with Gasteiger partial charge < -0.3 is 10.1 Å². The van der Waals surface area contributed by atoms with E-state index in [0.29, 0.717) is 11.5 Å². The van der Waals surface area contributed by atoms with Crippen molar-refractivity contribution in [3.63, 3.8) is 0 Å². The predicted octanol–water partition coefficient (Wildman–Crippen LogP) is 2.97. The Kier molecular flexibility index (Phi) is 3.33. The molecule has 2 aliphatic rings. The fraction of sp³-hybridized carbons (Fsp3) is 1.00. The van der Waals surface area contributed by atoms with Crippen LogP contribution in [0.15, 0.2) is 0 Å². The Balaban J connectivity index is 2.10. The molecule has 0 aromatic heterocycles. The lowest BCUT2D eigenvalue weighted by atomic mass is 9.65. The highest BCUT2D eigenvalue weighted by atomic mass is 16.5. The van der Waals surface area contributed by atoms with E-state index in [1.165, 1.54) is 19.3 Å². The van der Waals surface area contributed by atoms with Gasteiger partial charge in [-0.25, -0.2) is 0 Å². The quantitative estimate of drug-likeness (QED) is 0.741. The zero-order valence-electron chi connectivity index (χ0n) is 11.3. The van der Waals surface area contributed by atoms with Crippen molar-refractivity contribution in [3.05, 3.63) is 0 Å². The van der Waals surface area contributed by atoms with Crippen LogP contribution < -0.4 is 5.32 Å². The van der Waals surface area contributed by atoms with Crippen molar-refractivity contribution in [2.75, 3.05) is 13.1 Å². The summed E-state index contributed by atoms with van der Waals surface area (Å²) in [6.07, 6.45) is 5.35. The highest BCUT2D eigenvalue weighted by Gasteiger charge is 2.46. The van der Waals surface area contributed by atoms with Crippen LogP contribution in [0.4, 0.5) is 0 Å². The normalized spacial score (nSPS) is 43.5. The highest BCUT2D eigenvalue weighted by Crippen LogP contribution is 2.46. The van der Waals surface area contributed by atoms with Gasteiger partial charge in [0.05, 0.1) is 11.7 Å². The Labute approximate surface area is 100 Å². The van der Waals surface area contributed by atoms with Gasteiger partial charge in [0.1, 0.15) is 0 Å². The number of hydrogen-bond acceptors (Lipinski definition) is 2. The second kappa shape index (κ2) is 4.30. The van der Waals surface area contributed by atoms with Crippen LogP contribution in [0.3, 0.4) is 0 Å². The van der Waals surface area contributed by atoms with Gasteiger partial charge in [0.15, 0.2) is 0 Å². The Morgan fingerprint density at radius 1 is 1.31 bits per heavy atom. The first-order valence-electron chi connectivity index (χ1n) is 6.83. The van der Waals surface area contributed by atoms with E-state index in [2.05, 4.69) is 33.0 Å². The summed E-state index contributed by atoms with van der Waals surface area (Å²) < 4.78 is 6.41. The maximum atomic E-state index is 6.41. The lowest BCUT2D eigenvalue weighted by molar-refractivity contribution is -0.162. The first kappa shape index (κ1) is 12.4. The van der Waals surface area contributed by atoms with Crippen LogP contribution in [-0.4, -0.2) is 24.8 Å². The van der Waals surface area contributed by atoms with E-state index in [4.69, 9.17) is 4.74 Å². The van der Waals surface area contributed by atoms with Crippen LogP contribution in [0.2, 0.25) is 0 Å². The minimum atomic E-state index is 0.125. The van der Waals surface area contributed by atoms with Crippen LogP contribution in [0.1, 0.15) is 53.4 Å². The van der Waals surface area contributed by atoms with Gasteiger partial charge in [0.2, 0.25) is 0 Å². The minimum absolute atomic E-state index is 0.125. The molecular formula is C14H27NO. The van der Waals surface area contributed by atoms with Crippen molar-refractivity contribution >= 4 is 0 Å². The van der Waals surface area contributed by atoms with E-state index in [1.54, 1.807) is 0 Å². The third kappa shape index (κ3) is 2.60. The van der Waals surface area contributed by atoms with Crippen molar-refractivity contribution in [1.82, 2.24) is 5.32 Å². The van der Waals surface area contributed by atoms with E-state index < -0.39 is 0 Å². The molecule has 2 heteroatoms. The second-order valence-electron chi connectivity index (χ2n) is 6.82. The van der Waals surface area contributed by atoms with Crippen molar-refractivity contribution in [2.24, 2.45) is 11.3 Å². The number of hydrogen-bond donors (Lipinski definition) is 1. The molecule has 1 aliphatic carbocycles. The van der Waals surface area contributed by atoms with E-state index in [0.717, 1.165) is 25.4 Å². The zero-order valence-corrected chi connectivity index (χ0v) is 11.3. The predicted molar refractivity (Wildman–Crippen MR) is 67.6 cm³/mol. The average molecular weight is 225 g/mol. The maximum absolute atomic E-state index is 6.41. The lowest BCUT2D eigenvalue weighted by Gasteiger charge is -2.51. The number of morpholine rings is 1. The monoisotopic (exact) mass is 225 g/mol. The summed E-state index contributed by atoms with van der Waals surface area (Å²) in [6.45, 7) is 11.5. The summed E-state index contributed by atoms with van der Waals surface area (Å²) in [5.74, 6) is 0.793. The SMILES string of the molecule is CCC1CNCC2(CC(C)CC(C)(C)C2)O1. The standard InChI is InChI=1S/C14H27NO/c1-5-12-8-15-10-14(16-12)7-11(2)6-13(3,4)9-14/h11-12,15H,5-10H2,1-4H3. The molecule has 1 saturated carbocycles. The molecular weight excluding hydrogens is 198 g/mol. The number of nitrogens with one attached hydrogen (secondary N) is 1. The second-order valence-corrected chi connectivity index (χ2v) is 6.82. The molecule has 1 heterocycles. The highest BCUT2D eigenvalue weighted by molar-refractivity contribution is 4.98. The van der Waals surface area contributed by atoms with Gasteiger partial charge >= 0.3 is 0 Å². The molecule has 2 nitrogen and oxygen atoms in total. The topological polar surface area (TPSA) is 21.3 Å². The first-order valence-corrected chi connectivity index (χ1v) is 6.83. The Morgan fingerprint density at radius 3 is 2.69 bits per heavy atom. The van der Waals surface area contributed by atoms with Crippen LogP contribution in [-0.2, 0) is 4.74 Å². The molecule has 1 saturated heterocycles. The Morgan fingerprint density at radius 2 is 2.06 bits per heavy atom. The fourth-order valence-corrected chi connectivity index (χ4v) is 4.02. The van der Waals surface area contributed by atoms with E-state index in [1.807, 2.05) is 0 Å². The molecule has 16 heavy (non-hydrogen) atoms. The molecule has 2 rings (SSSR count). The number of rotatable bonds is 1. The number of ether oxygens (including phenoxy) is 1. The van der Waals surface area contributed by atoms with Crippen molar-refractivity contribution < 1.29 is 4.74 Å². The molecule has 1 aliphatic heterocycles. The van der Waals surface area contributed by atoms with Crippen molar-refractivity contribution in [2.45, 2.75) is 65.1 Å². The van der Waals surface area contributed by atoms with Gasteiger partial charge in [-0.1, -0.05) is 27.7 Å². The minimum Gasteiger partial charge on any atom is -0.369 e. The molecule has 1 spiro atoms. The molecule has 94 valence electrons. The summed E-state index contributed by atoms with van der Waals surface area (Å²) in [5, 5.41) is 3.58. The van der Waals surface area contributed by atoms with Crippen LogP contribution >= 0.6 is 0 Å². The molecule has 3 unspecified atom stereocenters. The molecule has 2 fully saturated rings. The van der Waals surface area contributed by atoms with Gasteiger partial charge in [-0.05, 0) is 37.0 Å². The smallest absolute Gasteiger partial charge is 0.0818 e. The Hall–Kier alpha value is -0.0800. The summed E-state index contributed by atoms with van der Waals surface area (Å²) >= 11 is 0. The van der Waals surface area contributed by atoms with Gasteiger partial charge in [0.25, 0.3) is 0 Å². The van der Waals surface area contributed by atoms with Gasteiger partial charge in [-0.3, -0.25) is 0 Å². The summed E-state index contributed by atoms with van der Waals surface area (Å²) in [4.78, 5) is 0. The molecule has 0 aromatic rings. The molecule has 0 radical (unpaired) electrons. The summed E-state index contributed by atoms with van der Waals surface area (Å²) in [5.41, 5.74) is 0.565. The maximum Gasteiger partial charge on any atom is 0.0818 e. The third-order valence-corrected chi connectivity index (χ3v) is 4.11. The van der Waals surface area contributed by atoms with Crippen molar-refractivity contribution in [1.29, 1.82) is 0 Å². The van der Waals surface area contributed by atoms with Gasteiger partial charge in [0, 0.05) is 13.1 Å². The van der Waals surface area contributed by atoms with Crippen LogP contribution in [0.5, 0.6) is 0 Å². The largest absolute Gasteiger partial charge is 0.369 e. The lowest BCUT2D eigenvalue weighted by Crippen LogP contribution is -2.58. The third-order valence-electron chi connectivity index (χ3n) is 4.11. The van der Waals surface area contributed by atoms with E-state index >= 15 is 0 Å². The molecule has 0 amide bonds. The van der Waals surface area contributed by atoms with Crippen LogP contribution in [0.25, 0.3) is 0 Å². The Bertz CT molecular complexity index is 251. The molecule has 0 aromatic carbocycles. The van der Waals surface area contributed by atoms with Crippen LogP contribution in [0, 0.1) is 11.3 Å². The molecule has 0 bridgehead atoms. The van der Waals surface area contributed by atoms with E-state index in [9.17, 15) is 0 Å². The average Bonchev–Trinajstić information content (AvgIpc) is 2.13. The summed E-state index contributed by atoms with van der Waals surface area (Å²) in [6, 6.07) is 0. The van der Waals surface area contributed by atoms with Gasteiger partial charge in [-0.2, -0.15) is 0 Å². The first-order chi connectivity index (χ1) is 7.45.